The first-order valence-electron chi connectivity index (χ1n) is 7.78. The lowest BCUT2D eigenvalue weighted by molar-refractivity contribution is -0.137. The summed E-state index contributed by atoms with van der Waals surface area (Å²) >= 11 is 0. The fourth-order valence-electron chi connectivity index (χ4n) is 2.56. The third kappa shape index (κ3) is 5.84. The van der Waals surface area contributed by atoms with E-state index < -0.39 is 17.6 Å². The number of benzene rings is 1. The Labute approximate surface area is 133 Å². The molecule has 4 nitrogen and oxygen atoms in total. The van der Waals surface area contributed by atoms with Gasteiger partial charge in [0.15, 0.2) is 0 Å². The van der Waals surface area contributed by atoms with E-state index in [1.807, 2.05) is 0 Å². The minimum Gasteiger partial charge on any atom is -0.303 e. The van der Waals surface area contributed by atoms with Crippen molar-refractivity contribution in [1.29, 1.82) is 0 Å². The zero-order chi connectivity index (χ0) is 16.7. The highest BCUT2D eigenvalue weighted by Crippen LogP contribution is 2.29. The summed E-state index contributed by atoms with van der Waals surface area (Å²) in [5.74, 6) is -0.672. The van der Waals surface area contributed by atoms with Gasteiger partial charge < -0.3 is 4.90 Å². The van der Waals surface area contributed by atoms with Gasteiger partial charge in [-0.15, -0.1) is 0 Å². The molecule has 0 bridgehead atoms. The number of hydroxylamine groups is 1. The minimum absolute atomic E-state index is 0.0733. The normalized spacial score (nSPS) is 16.3. The number of rotatable bonds is 6. The molecule has 0 spiro atoms. The zero-order valence-corrected chi connectivity index (χ0v) is 12.9. The van der Waals surface area contributed by atoms with Crippen molar-refractivity contribution in [3.05, 3.63) is 35.4 Å². The molecule has 1 aliphatic heterocycles. The van der Waals surface area contributed by atoms with E-state index in [0.717, 1.165) is 38.2 Å². The molecule has 1 amide bonds. The molecule has 1 fully saturated rings. The second kappa shape index (κ2) is 8.31. The van der Waals surface area contributed by atoms with Crippen molar-refractivity contribution >= 4 is 5.91 Å². The van der Waals surface area contributed by atoms with E-state index in [-0.39, 0.29) is 5.56 Å². The Balaban J connectivity index is 1.70. The van der Waals surface area contributed by atoms with Gasteiger partial charge in [-0.25, -0.2) is 5.48 Å². The van der Waals surface area contributed by atoms with Crippen LogP contribution >= 0.6 is 0 Å². The SMILES string of the molecule is O=C(NOCCCN1CCCCC1)c1cccc(C(F)(F)F)c1. The van der Waals surface area contributed by atoms with Crippen LogP contribution < -0.4 is 5.48 Å². The van der Waals surface area contributed by atoms with Gasteiger partial charge in [0.2, 0.25) is 0 Å². The first kappa shape index (κ1) is 17.7. The Morgan fingerprint density at radius 3 is 2.65 bits per heavy atom. The van der Waals surface area contributed by atoms with E-state index >= 15 is 0 Å². The van der Waals surface area contributed by atoms with Crippen LogP contribution in [0, 0.1) is 0 Å². The number of amides is 1. The third-order valence-electron chi connectivity index (χ3n) is 3.79. The van der Waals surface area contributed by atoms with Crippen molar-refractivity contribution in [3.8, 4) is 0 Å². The number of nitrogens with zero attached hydrogens (tertiary/aromatic N) is 1. The van der Waals surface area contributed by atoms with Crippen molar-refractivity contribution in [2.75, 3.05) is 26.2 Å². The van der Waals surface area contributed by atoms with Gasteiger partial charge in [-0.2, -0.15) is 13.2 Å². The average molecular weight is 330 g/mol. The van der Waals surface area contributed by atoms with E-state index in [2.05, 4.69) is 10.4 Å². The Hall–Kier alpha value is -1.60. The monoisotopic (exact) mass is 330 g/mol. The number of nitrogens with one attached hydrogen (secondary N) is 1. The van der Waals surface area contributed by atoms with Gasteiger partial charge in [-0.1, -0.05) is 12.5 Å². The predicted molar refractivity (Wildman–Crippen MR) is 79.8 cm³/mol. The summed E-state index contributed by atoms with van der Waals surface area (Å²) in [6.45, 7) is 3.42. The summed E-state index contributed by atoms with van der Waals surface area (Å²) in [4.78, 5) is 19.2. The van der Waals surface area contributed by atoms with Gasteiger partial charge in [0.25, 0.3) is 5.91 Å². The summed E-state index contributed by atoms with van der Waals surface area (Å²) in [5.41, 5.74) is 1.27. The molecule has 1 aromatic carbocycles. The second-order valence-electron chi connectivity index (χ2n) is 5.61. The lowest BCUT2D eigenvalue weighted by Gasteiger charge is -2.26. The first-order chi connectivity index (χ1) is 11.0. The molecule has 1 saturated heterocycles. The number of carbonyl (C=O) groups is 1. The molecule has 1 aromatic rings. The van der Waals surface area contributed by atoms with Gasteiger partial charge in [-0.3, -0.25) is 9.63 Å². The van der Waals surface area contributed by atoms with Crippen LogP contribution in [0.5, 0.6) is 0 Å². The molecule has 128 valence electrons. The highest BCUT2D eigenvalue weighted by atomic mass is 19.4. The van der Waals surface area contributed by atoms with E-state index in [1.165, 1.54) is 31.4 Å². The van der Waals surface area contributed by atoms with Crippen LogP contribution in [0.15, 0.2) is 24.3 Å². The van der Waals surface area contributed by atoms with Gasteiger partial charge in [0.1, 0.15) is 0 Å². The van der Waals surface area contributed by atoms with Crippen LogP contribution in [-0.4, -0.2) is 37.0 Å². The molecule has 0 saturated carbocycles. The van der Waals surface area contributed by atoms with Gasteiger partial charge in [-0.05, 0) is 50.6 Å². The maximum atomic E-state index is 12.6. The molecule has 0 unspecified atom stereocenters. The molecule has 0 aromatic heterocycles. The lowest BCUT2D eigenvalue weighted by Crippen LogP contribution is -2.32. The summed E-state index contributed by atoms with van der Waals surface area (Å²) < 4.78 is 37.8. The van der Waals surface area contributed by atoms with Crippen molar-refractivity contribution in [2.45, 2.75) is 31.9 Å². The van der Waals surface area contributed by atoms with Gasteiger partial charge in [0.05, 0.1) is 12.2 Å². The quantitative estimate of drug-likeness (QED) is 0.643. The van der Waals surface area contributed by atoms with Gasteiger partial charge >= 0.3 is 6.18 Å². The molecule has 1 aliphatic rings. The molecule has 0 radical (unpaired) electrons. The third-order valence-corrected chi connectivity index (χ3v) is 3.79. The molecular formula is C16H21F3N2O2. The Bertz CT molecular complexity index is 514. The number of piperidine rings is 1. The molecule has 1 heterocycles. The molecule has 7 heteroatoms. The van der Waals surface area contributed by atoms with Crippen molar-refractivity contribution in [1.82, 2.24) is 10.4 Å². The van der Waals surface area contributed by atoms with E-state index in [0.29, 0.717) is 6.61 Å². The number of alkyl halides is 3. The summed E-state index contributed by atoms with van der Waals surface area (Å²) in [6, 6.07) is 4.26. The Morgan fingerprint density at radius 2 is 1.96 bits per heavy atom. The highest BCUT2D eigenvalue weighted by Gasteiger charge is 2.30. The van der Waals surface area contributed by atoms with Crippen LogP contribution in [0.2, 0.25) is 0 Å². The van der Waals surface area contributed by atoms with E-state index in [1.54, 1.807) is 0 Å². The number of halogens is 3. The Morgan fingerprint density at radius 1 is 1.22 bits per heavy atom. The van der Waals surface area contributed by atoms with Crippen LogP contribution in [0.4, 0.5) is 13.2 Å². The fourth-order valence-corrected chi connectivity index (χ4v) is 2.56. The Kier molecular flexibility index (Phi) is 6.41. The van der Waals surface area contributed by atoms with E-state index in [9.17, 15) is 18.0 Å². The molecule has 0 atom stereocenters. The molecule has 23 heavy (non-hydrogen) atoms. The number of hydrogen-bond acceptors (Lipinski definition) is 3. The number of carbonyl (C=O) groups excluding carboxylic acids is 1. The first-order valence-corrected chi connectivity index (χ1v) is 7.78. The lowest BCUT2D eigenvalue weighted by atomic mass is 10.1. The number of likely N-dealkylation sites (tertiary alicyclic amines) is 1. The van der Waals surface area contributed by atoms with E-state index in [4.69, 9.17) is 4.84 Å². The molecule has 0 aliphatic carbocycles. The maximum absolute atomic E-state index is 12.6. The van der Waals surface area contributed by atoms with Gasteiger partial charge in [0, 0.05) is 12.1 Å². The topological polar surface area (TPSA) is 41.6 Å². The summed E-state index contributed by atoms with van der Waals surface area (Å²) in [6.07, 6.45) is 0.00872. The summed E-state index contributed by atoms with van der Waals surface area (Å²) in [7, 11) is 0. The van der Waals surface area contributed by atoms with Crippen LogP contribution in [-0.2, 0) is 11.0 Å². The standard InChI is InChI=1S/C16H21F3N2O2/c17-16(18,19)14-7-4-6-13(12-14)15(22)20-23-11-5-10-21-8-2-1-3-9-21/h4,6-7,12H,1-3,5,8-11H2,(H,20,22). The van der Waals surface area contributed by atoms with Crippen LogP contribution in [0.1, 0.15) is 41.6 Å². The minimum atomic E-state index is -4.47. The fraction of sp³-hybridized carbons (Fsp3) is 0.562. The van der Waals surface area contributed by atoms with Crippen molar-refractivity contribution < 1.29 is 22.8 Å². The smallest absolute Gasteiger partial charge is 0.303 e. The maximum Gasteiger partial charge on any atom is 0.416 e. The van der Waals surface area contributed by atoms with Crippen molar-refractivity contribution in [2.24, 2.45) is 0 Å². The highest BCUT2D eigenvalue weighted by molar-refractivity contribution is 5.93. The van der Waals surface area contributed by atoms with Crippen LogP contribution in [0.25, 0.3) is 0 Å². The predicted octanol–water partition coefficient (Wildman–Crippen LogP) is 3.24. The van der Waals surface area contributed by atoms with Crippen LogP contribution in [0.3, 0.4) is 0 Å². The average Bonchev–Trinajstić information content (AvgIpc) is 2.54. The largest absolute Gasteiger partial charge is 0.416 e. The second-order valence-corrected chi connectivity index (χ2v) is 5.61. The summed E-state index contributed by atoms with van der Waals surface area (Å²) in [5, 5.41) is 0. The zero-order valence-electron chi connectivity index (χ0n) is 12.9. The molecular weight excluding hydrogens is 309 g/mol. The number of hydrogen-bond donors (Lipinski definition) is 1. The molecule has 2 rings (SSSR count). The molecule has 1 N–H and O–H groups in total. The van der Waals surface area contributed by atoms with Crippen molar-refractivity contribution in [3.63, 3.8) is 0 Å².